The average Bonchev–Trinajstić information content (AvgIpc) is 2.43. The second-order valence-corrected chi connectivity index (χ2v) is 4.64. The summed E-state index contributed by atoms with van der Waals surface area (Å²) < 4.78 is 0. The second-order valence-electron chi connectivity index (χ2n) is 4.64. The van der Waals surface area contributed by atoms with Crippen LogP contribution in [0.3, 0.4) is 0 Å². The van der Waals surface area contributed by atoms with Crippen molar-refractivity contribution in [3.05, 3.63) is 30.5 Å². The van der Waals surface area contributed by atoms with Gasteiger partial charge in [0, 0.05) is 30.4 Å². The number of aliphatic hydroxyl groups excluding tert-OH is 1. The highest BCUT2D eigenvalue weighted by atomic mass is 16.3. The van der Waals surface area contributed by atoms with Crippen molar-refractivity contribution in [2.45, 2.75) is 19.8 Å². The first-order valence-electron chi connectivity index (χ1n) is 6.77. The molecule has 3 N–H and O–H groups in total. The highest BCUT2D eigenvalue weighted by Gasteiger charge is 2.10. The number of pyridine rings is 1. The summed E-state index contributed by atoms with van der Waals surface area (Å²) in [5, 5.41) is 10.3. The molecule has 0 aliphatic heterocycles. The van der Waals surface area contributed by atoms with Crippen LogP contribution in [0.2, 0.25) is 0 Å². The summed E-state index contributed by atoms with van der Waals surface area (Å²) in [5.74, 6) is 0. The van der Waals surface area contributed by atoms with Crippen molar-refractivity contribution in [1.82, 2.24) is 4.98 Å². The molecule has 0 amide bonds. The number of benzene rings is 1. The molecule has 0 fully saturated rings. The van der Waals surface area contributed by atoms with Gasteiger partial charge in [-0.3, -0.25) is 4.98 Å². The molecule has 1 heterocycles. The van der Waals surface area contributed by atoms with Crippen LogP contribution in [0.15, 0.2) is 30.5 Å². The molecule has 2 rings (SSSR count). The van der Waals surface area contributed by atoms with E-state index < -0.39 is 0 Å². The topological polar surface area (TPSA) is 62.4 Å². The molecule has 0 spiro atoms. The molecule has 2 aromatic rings. The molecule has 1 aromatic carbocycles. The molecule has 4 nitrogen and oxygen atoms in total. The van der Waals surface area contributed by atoms with Crippen LogP contribution in [0.5, 0.6) is 0 Å². The molecule has 0 atom stereocenters. The second kappa shape index (κ2) is 6.38. The Balaban J connectivity index is 2.43. The molecule has 0 saturated heterocycles. The lowest BCUT2D eigenvalue weighted by atomic mass is 10.1. The lowest BCUT2D eigenvalue weighted by Gasteiger charge is -2.25. The standard InChI is InChI=1S/C15H21N3O/c1-2-3-9-18(10-11-19)14-7-8-17-15-12(14)5-4-6-13(15)16/h4-8,19H,2-3,9-11,16H2,1H3. The van der Waals surface area contributed by atoms with Crippen LogP contribution < -0.4 is 10.6 Å². The Morgan fingerprint density at radius 1 is 1.26 bits per heavy atom. The van der Waals surface area contributed by atoms with E-state index in [0.29, 0.717) is 12.2 Å². The van der Waals surface area contributed by atoms with Gasteiger partial charge in [0.2, 0.25) is 0 Å². The Bertz CT molecular complexity index is 542. The Kier molecular flexibility index (Phi) is 4.58. The Morgan fingerprint density at radius 2 is 2.11 bits per heavy atom. The largest absolute Gasteiger partial charge is 0.397 e. The maximum Gasteiger partial charge on any atom is 0.0951 e. The zero-order valence-corrected chi connectivity index (χ0v) is 11.3. The van der Waals surface area contributed by atoms with E-state index in [1.54, 1.807) is 6.20 Å². The summed E-state index contributed by atoms with van der Waals surface area (Å²) in [5.41, 5.74) is 8.59. The van der Waals surface area contributed by atoms with Gasteiger partial charge in [-0.25, -0.2) is 0 Å². The zero-order chi connectivity index (χ0) is 13.7. The molecule has 19 heavy (non-hydrogen) atoms. The summed E-state index contributed by atoms with van der Waals surface area (Å²) in [4.78, 5) is 6.55. The van der Waals surface area contributed by atoms with E-state index >= 15 is 0 Å². The van der Waals surface area contributed by atoms with Crippen molar-refractivity contribution < 1.29 is 5.11 Å². The fourth-order valence-electron chi connectivity index (χ4n) is 2.28. The SMILES string of the molecule is CCCCN(CCO)c1ccnc2c(N)cccc12. The van der Waals surface area contributed by atoms with Gasteiger partial charge in [0.05, 0.1) is 17.8 Å². The predicted octanol–water partition coefficient (Wildman–Crippen LogP) is 2.42. The van der Waals surface area contributed by atoms with E-state index in [2.05, 4.69) is 16.8 Å². The van der Waals surface area contributed by atoms with Gasteiger partial charge in [-0.2, -0.15) is 0 Å². The number of nitrogens with zero attached hydrogens (tertiary/aromatic N) is 2. The van der Waals surface area contributed by atoms with Gasteiger partial charge < -0.3 is 15.7 Å². The van der Waals surface area contributed by atoms with Gasteiger partial charge in [-0.1, -0.05) is 25.5 Å². The number of rotatable bonds is 6. The molecule has 1 aromatic heterocycles. The number of fused-ring (bicyclic) bond motifs is 1. The van der Waals surface area contributed by atoms with E-state index in [1.165, 1.54) is 0 Å². The summed E-state index contributed by atoms with van der Waals surface area (Å²) in [7, 11) is 0. The zero-order valence-electron chi connectivity index (χ0n) is 11.3. The van der Waals surface area contributed by atoms with Crippen molar-refractivity contribution in [2.75, 3.05) is 30.3 Å². The minimum absolute atomic E-state index is 0.149. The van der Waals surface area contributed by atoms with Gasteiger partial charge in [-0.15, -0.1) is 0 Å². The first-order valence-corrected chi connectivity index (χ1v) is 6.77. The van der Waals surface area contributed by atoms with Crippen molar-refractivity contribution in [1.29, 1.82) is 0 Å². The van der Waals surface area contributed by atoms with Crippen LogP contribution in [0, 0.1) is 0 Å². The van der Waals surface area contributed by atoms with E-state index in [9.17, 15) is 5.11 Å². The lowest BCUT2D eigenvalue weighted by Crippen LogP contribution is -2.28. The molecule has 0 aliphatic rings. The van der Waals surface area contributed by atoms with E-state index in [1.807, 2.05) is 24.3 Å². The van der Waals surface area contributed by atoms with Gasteiger partial charge in [0.15, 0.2) is 0 Å². The average molecular weight is 259 g/mol. The summed E-state index contributed by atoms with van der Waals surface area (Å²) in [6, 6.07) is 7.83. The van der Waals surface area contributed by atoms with Crippen LogP contribution in [0.1, 0.15) is 19.8 Å². The van der Waals surface area contributed by atoms with Gasteiger partial charge in [0.25, 0.3) is 0 Å². The number of nitrogen functional groups attached to an aromatic ring is 1. The van der Waals surface area contributed by atoms with Gasteiger partial charge in [-0.05, 0) is 18.6 Å². The van der Waals surface area contributed by atoms with E-state index in [4.69, 9.17) is 5.73 Å². The highest BCUT2D eigenvalue weighted by Crippen LogP contribution is 2.28. The van der Waals surface area contributed by atoms with Crippen LogP contribution >= 0.6 is 0 Å². The van der Waals surface area contributed by atoms with E-state index in [-0.39, 0.29) is 6.61 Å². The molecular formula is C15H21N3O. The minimum atomic E-state index is 0.149. The number of para-hydroxylation sites is 1. The van der Waals surface area contributed by atoms with Crippen LogP contribution in [-0.4, -0.2) is 29.8 Å². The van der Waals surface area contributed by atoms with Crippen molar-refractivity contribution in [3.8, 4) is 0 Å². The van der Waals surface area contributed by atoms with Crippen molar-refractivity contribution in [3.63, 3.8) is 0 Å². The van der Waals surface area contributed by atoms with Gasteiger partial charge in [0.1, 0.15) is 0 Å². The first kappa shape index (κ1) is 13.6. The predicted molar refractivity (Wildman–Crippen MR) is 80.4 cm³/mol. The fourth-order valence-corrected chi connectivity index (χ4v) is 2.28. The number of aromatic nitrogens is 1. The number of aliphatic hydroxyl groups is 1. The number of anilines is 2. The van der Waals surface area contributed by atoms with Crippen LogP contribution in [-0.2, 0) is 0 Å². The molecule has 0 unspecified atom stereocenters. The molecular weight excluding hydrogens is 238 g/mol. The number of hydrogen-bond acceptors (Lipinski definition) is 4. The third kappa shape index (κ3) is 2.96. The van der Waals surface area contributed by atoms with E-state index in [0.717, 1.165) is 36.0 Å². The molecule has 0 bridgehead atoms. The Morgan fingerprint density at radius 3 is 2.84 bits per heavy atom. The molecule has 4 heteroatoms. The summed E-state index contributed by atoms with van der Waals surface area (Å²) >= 11 is 0. The molecule has 102 valence electrons. The Labute approximate surface area is 113 Å². The quantitative estimate of drug-likeness (QED) is 0.782. The third-order valence-electron chi connectivity index (χ3n) is 3.27. The minimum Gasteiger partial charge on any atom is -0.397 e. The number of nitrogens with two attached hydrogens (primary N) is 1. The highest BCUT2D eigenvalue weighted by molar-refractivity contribution is 5.97. The fraction of sp³-hybridized carbons (Fsp3) is 0.400. The van der Waals surface area contributed by atoms with Crippen molar-refractivity contribution in [2.24, 2.45) is 0 Å². The maximum absolute atomic E-state index is 9.24. The van der Waals surface area contributed by atoms with Crippen LogP contribution in [0.25, 0.3) is 10.9 Å². The van der Waals surface area contributed by atoms with Gasteiger partial charge >= 0.3 is 0 Å². The molecule has 0 aliphatic carbocycles. The molecule has 0 saturated carbocycles. The third-order valence-corrected chi connectivity index (χ3v) is 3.27. The Hall–Kier alpha value is -1.81. The smallest absolute Gasteiger partial charge is 0.0951 e. The first-order chi connectivity index (χ1) is 9.27. The number of unbranched alkanes of at least 4 members (excludes halogenated alkanes) is 1. The van der Waals surface area contributed by atoms with Crippen LogP contribution in [0.4, 0.5) is 11.4 Å². The van der Waals surface area contributed by atoms with Crippen molar-refractivity contribution >= 4 is 22.3 Å². The maximum atomic E-state index is 9.24. The summed E-state index contributed by atoms with van der Waals surface area (Å²) in [6.07, 6.45) is 4.02. The summed E-state index contributed by atoms with van der Waals surface area (Å²) in [6.45, 7) is 3.88. The number of hydrogen-bond donors (Lipinski definition) is 2. The monoisotopic (exact) mass is 259 g/mol. The normalized spacial score (nSPS) is 10.8. The lowest BCUT2D eigenvalue weighted by molar-refractivity contribution is 0.301. The molecule has 0 radical (unpaired) electrons.